The van der Waals surface area contributed by atoms with Crippen LogP contribution in [0.3, 0.4) is 0 Å². The van der Waals surface area contributed by atoms with Gasteiger partial charge in [-0.05, 0) is 11.8 Å². The van der Waals surface area contributed by atoms with E-state index in [9.17, 15) is 14.4 Å². The first-order valence-electron chi connectivity index (χ1n) is 6.16. The number of hydrogen-bond acceptors (Lipinski definition) is 4. The second kappa shape index (κ2) is 8.36. The number of aliphatic carboxylic acids is 2. The maximum atomic E-state index is 11.6. The van der Waals surface area contributed by atoms with Gasteiger partial charge in [0.05, 0.1) is 6.42 Å². The monoisotopic (exact) mass is 290 g/mol. The van der Waals surface area contributed by atoms with E-state index in [1.807, 2.05) is 13.8 Å². The Bertz CT molecular complexity index is 356. The Kier molecular flexibility index (Phi) is 7.60. The van der Waals surface area contributed by atoms with Crippen molar-refractivity contribution in [3.8, 4) is 0 Å². The minimum absolute atomic E-state index is 0.209. The van der Waals surface area contributed by atoms with Crippen molar-refractivity contribution < 1.29 is 29.3 Å². The molecule has 0 bridgehead atoms. The molecule has 1 atom stereocenters. The molecule has 0 radical (unpaired) electrons. The van der Waals surface area contributed by atoms with Gasteiger partial charge in [-0.1, -0.05) is 13.8 Å². The van der Waals surface area contributed by atoms with Crippen LogP contribution in [0.5, 0.6) is 0 Å². The molecule has 4 N–H and O–H groups in total. The molecule has 0 aromatic heterocycles. The molecule has 0 spiro atoms. The highest BCUT2D eigenvalue weighted by molar-refractivity contribution is 5.86. The number of amides is 2. The number of carboxylic acid groups (broad SMARTS) is 2. The van der Waals surface area contributed by atoms with Gasteiger partial charge >= 0.3 is 18.0 Å². The zero-order valence-corrected chi connectivity index (χ0v) is 11.9. The molecule has 0 saturated heterocycles. The lowest BCUT2D eigenvalue weighted by Gasteiger charge is -2.25. The fourth-order valence-corrected chi connectivity index (χ4v) is 1.37. The average Bonchev–Trinajstić information content (AvgIpc) is 2.33. The molecular formula is C12H22N2O6. The maximum absolute atomic E-state index is 11.6. The summed E-state index contributed by atoms with van der Waals surface area (Å²) in [7, 11) is 1.58. The zero-order valence-electron chi connectivity index (χ0n) is 11.9. The van der Waals surface area contributed by atoms with Crippen molar-refractivity contribution in [2.45, 2.75) is 32.7 Å². The van der Waals surface area contributed by atoms with Crippen molar-refractivity contribution in [2.75, 3.05) is 20.3 Å². The Morgan fingerprint density at radius 1 is 1.25 bits per heavy atom. The van der Waals surface area contributed by atoms with Gasteiger partial charge in [0, 0.05) is 20.3 Å². The Morgan fingerprint density at radius 3 is 2.30 bits per heavy atom. The highest BCUT2D eigenvalue weighted by Crippen LogP contribution is 2.18. The third kappa shape index (κ3) is 8.30. The second-order valence-corrected chi connectivity index (χ2v) is 5.22. The Labute approximate surface area is 117 Å². The molecule has 20 heavy (non-hydrogen) atoms. The minimum atomic E-state index is -1.45. The molecule has 0 aliphatic heterocycles. The van der Waals surface area contributed by atoms with Crippen LogP contribution < -0.4 is 10.6 Å². The van der Waals surface area contributed by atoms with Crippen LogP contribution in [0.15, 0.2) is 0 Å². The number of carbonyl (C=O) groups excluding carboxylic acids is 1. The van der Waals surface area contributed by atoms with Crippen molar-refractivity contribution in [2.24, 2.45) is 5.41 Å². The summed E-state index contributed by atoms with van der Waals surface area (Å²) in [5, 5.41) is 22.0. The Morgan fingerprint density at radius 2 is 1.85 bits per heavy atom. The fourth-order valence-electron chi connectivity index (χ4n) is 1.37. The summed E-state index contributed by atoms with van der Waals surface area (Å²) in [6.07, 6.45) is 0.0527. The van der Waals surface area contributed by atoms with Gasteiger partial charge in [0.1, 0.15) is 6.04 Å². The van der Waals surface area contributed by atoms with Crippen molar-refractivity contribution in [1.82, 2.24) is 10.6 Å². The lowest BCUT2D eigenvalue weighted by Crippen LogP contribution is -2.48. The van der Waals surface area contributed by atoms with Crippen LogP contribution in [0, 0.1) is 5.41 Å². The quantitative estimate of drug-likeness (QED) is 0.483. The molecule has 0 rings (SSSR count). The molecule has 0 heterocycles. The van der Waals surface area contributed by atoms with Crippen LogP contribution >= 0.6 is 0 Å². The lowest BCUT2D eigenvalue weighted by molar-refractivity contribution is -0.145. The van der Waals surface area contributed by atoms with E-state index < -0.39 is 30.4 Å². The minimum Gasteiger partial charge on any atom is -0.481 e. The van der Waals surface area contributed by atoms with E-state index in [0.717, 1.165) is 6.42 Å². The van der Waals surface area contributed by atoms with Gasteiger partial charge < -0.3 is 25.6 Å². The van der Waals surface area contributed by atoms with E-state index in [1.54, 1.807) is 7.11 Å². The number of rotatable bonds is 9. The van der Waals surface area contributed by atoms with Gasteiger partial charge in [-0.3, -0.25) is 4.79 Å². The number of hydrogen-bond donors (Lipinski definition) is 4. The summed E-state index contributed by atoms with van der Waals surface area (Å²) in [5.74, 6) is -2.68. The molecule has 0 aromatic rings. The number of ether oxygens (including phenoxy) is 1. The smallest absolute Gasteiger partial charge is 0.326 e. The molecule has 0 fully saturated rings. The summed E-state index contributed by atoms with van der Waals surface area (Å²) in [5.41, 5.74) is -0.209. The molecule has 0 aliphatic carbocycles. The molecule has 8 nitrogen and oxygen atoms in total. The predicted octanol–water partition coefficient (Wildman–Crippen LogP) is 0.276. The summed E-state index contributed by atoms with van der Waals surface area (Å²) >= 11 is 0. The van der Waals surface area contributed by atoms with Crippen LogP contribution in [-0.4, -0.2) is 54.5 Å². The number of carbonyl (C=O) groups is 3. The number of carboxylic acids is 2. The predicted molar refractivity (Wildman–Crippen MR) is 70.5 cm³/mol. The summed E-state index contributed by atoms with van der Waals surface area (Å²) < 4.78 is 4.95. The van der Waals surface area contributed by atoms with Crippen LogP contribution in [0.2, 0.25) is 0 Å². The molecule has 8 heteroatoms. The van der Waals surface area contributed by atoms with Crippen molar-refractivity contribution in [3.63, 3.8) is 0 Å². The normalized spacial score (nSPS) is 12.6. The second-order valence-electron chi connectivity index (χ2n) is 5.22. The summed E-state index contributed by atoms with van der Waals surface area (Å²) in [6, 6.07) is -2.15. The van der Waals surface area contributed by atoms with Gasteiger partial charge in [0.15, 0.2) is 0 Å². The first-order valence-corrected chi connectivity index (χ1v) is 6.16. The molecule has 0 aliphatic rings. The van der Waals surface area contributed by atoms with Crippen molar-refractivity contribution in [3.05, 3.63) is 0 Å². The number of urea groups is 1. The van der Waals surface area contributed by atoms with Gasteiger partial charge in [-0.2, -0.15) is 0 Å². The summed E-state index contributed by atoms with van der Waals surface area (Å²) in [6.45, 7) is 4.73. The molecule has 0 aromatic carbocycles. The van der Waals surface area contributed by atoms with Crippen molar-refractivity contribution in [1.29, 1.82) is 0 Å². The van der Waals surface area contributed by atoms with Crippen LogP contribution in [0.25, 0.3) is 0 Å². The molecule has 1 unspecified atom stereocenters. The Hall–Kier alpha value is -1.83. The van der Waals surface area contributed by atoms with E-state index in [2.05, 4.69) is 10.6 Å². The standard InChI is InChI=1S/C12H22N2O6/c1-12(2,4-5-20-3)7-13-11(19)14-8(10(17)18)6-9(15)16/h8H,4-7H2,1-3H3,(H,15,16)(H,17,18)(H2,13,14,19). The Balaban J connectivity index is 4.26. The molecular weight excluding hydrogens is 268 g/mol. The number of methoxy groups -OCH3 is 1. The zero-order chi connectivity index (χ0) is 15.8. The van der Waals surface area contributed by atoms with Gasteiger partial charge in [-0.15, -0.1) is 0 Å². The van der Waals surface area contributed by atoms with Gasteiger partial charge in [0.25, 0.3) is 0 Å². The van der Waals surface area contributed by atoms with Gasteiger partial charge in [-0.25, -0.2) is 9.59 Å². The first-order chi connectivity index (χ1) is 9.18. The summed E-state index contributed by atoms with van der Waals surface area (Å²) in [4.78, 5) is 32.8. The highest BCUT2D eigenvalue weighted by atomic mass is 16.5. The van der Waals surface area contributed by atoms with Crippen molar-refractivity contribution >= 4 is 18.0 Å². The van der Waals surface area contributed by atoms with E-state index in [4.69, 9.17) is 14.9 Å². The largest absolute Gasteiger partial charge is 0.481 e. The van der Waals surface area contributed by atoms with E-state index in [1.165, 1.54) is 0 Å². The lowest BCUT2D eigenvalue weighted by atomic mass is 9.90. The van der Waals surface area contributed by atoms with E-state index in [-0.39, 0.29) is 5.41 Å². The fraction of sp³-hybridized carbons (Fsp3) is 0.750. The van der Waals surface area contributed by atoms with E-state index in [0.29, 0.717) is 13.2 Å². The third-order valence-corrected chi connectivity index (χ3v) is 2.69. The van der Waals surface area contributed by atoms with Crippen LogP contribution in [-0.2, 0) is 14.3 Å². The molecule has 2 amide bonds. The third-order valence-electron chi connectivity index (χ3n) is 2.69. The highest BCUT2D eigenvalue weighted by Gasteiger charge is 2.24. The topological polar surface area (TPSA) is 125 Å². The van der Waals surface area contributed by atoms with Crippen LogP contribution in [0.1, 0.15) is 26.7 Å². The van der Waals surface area contributed by atoms with Gasteiger partial charge in [0.2, 0.25) is 0 Å². The SMILES string of the molecule is COCCC(C)(C)CNC(=O)NC(CC(=O)O)C(=O)O. The molecule has 0 saturated carbocycles. The number of nitrogens with one attached hydrogen (secondary N) is 2. The molecule has 116 valence electrons. The van der Waals surface area contributed by atoms with Crippen LogP contribution in [0.4, 0.5) is 4.79 Å². The first kappa shape index (κ1) is 18.2. The van der Waals surface area contributed by atoms with E-state index >= 15 is 0 Å². The maximum Gasteiger partial charge on any atom is 0.326 e. The average molecular weight is 290 g/mol.